The lowest BCUT2D eigenvalue weighted by Crippen LogP contribution is -1.91. The van der Waals surface area contributed by atoms with Gasteiger partial charge < -0.3 is 0 Å². The van der Waals surface area contributed by atoms with Crippen molar-refractivity contribution in [2.45, 2.75) is 6.92 Å². The summed E-state index contributed by atoms with van der Waals surface area (Å²) in [7, 11) is 0. The molecule has 0 radical (unpaired) electrons. The molecule has 0 aliphatic heterocycles. The number of hydrogen-bond donors (Lipinski definition) is 0. The van der Waals surface area contributed by atoms with E-state index in [0.717, 1.165) is 0 Å². The van der Waals surface area contributed by atoms with Crippen LogP contribution in [0.4, 0.5) is 0 Å². The summed E-state index contributed by atoms with van der Waals surface area (Å²) in [5.41, 5.74) is 1.38. The highest BCUT2D eigenvalue weighted by molar-refractivity contribution is 6.39. The average Bonchev–Trinajstić information content (AvgIpc) is 2.68. The molecule has 0 N–H and O–H groups in total. The third-order valence-electron chi connectivity index (χ3n) is 5.79. The average molecular weight is 316 g/mol. The Morgan fingerprint density at radius 1 is 0.400 bits per heavy atom. The molecule has 0 fully saturated rings. The highest BCUT2D eigenvalue weighted by atomic mass is 14.2. The second-order valence-corrected chi connectivity index (χ2v) is 6.98. The number of fused-ring (bicyclic) bond motifs is 5. The molecule has 0 unspecified atom stereocenters. The van der Waals surface area contributed by atoms with Crippen molar-refractivity contribution in [2.24, 2.45) is 0 Å². The lowest BCUT2D eigenvalue weighted by Gasteiger charge is -2.18. The first-order valence-corrected chi connectivity index (χ1v) is 8.81. The highest BCUT2D eigenvalue weighted by Crippen LogP contribution is 2.45. The molecule has 0 bridgehead atoms. The maximum absolute atomic E-state index is 2.31. The summed E-state index contributed by atoms with van der Waals surface area (Å²) >= 11 is 0. The van der Waals surface area contributed by atoms with E-state index in [9.17, 15) is 0 Å². The van der Waals surface area contributed by atoms with Gasteiger partial charge in [0.1, 0.15) is 0 Å². The van der Waals surface area contributed by atoms with E-state index in [4.69, 9.17) is 0 Å². The van der Waals surface area contributed by atoms with Crippen LogP contribution in [0.3, 0.4) is 0 Å². The number of rotatable bonds is 0. The van der Waals surface area contributed by atoms with Gasteiger partial charge in [0.2, 0.25) is 0 Å². The van der Waals surface area contributed by atoms with Crippen LogP contribution in [0.15, 0.2) is 78.9 Å². The standard InChI is InChI=1S/C25H16/c1-15-17-8-2-4-10-20(17)24-22-11-5-3-9-19(22)21-12-6-7-16-13-14-18(15)25(24)23(16)21/h2-14H,1H3. The largest absolute Gasteiger partial charge is 0.0616 e. The molecule has 0 heteroatoms. The summed E-state index contributed by atoms with van der Waals surface area (Å²) in [6, 6.07) is 29.0. The third-order valence-corrected chi connectivity index (χ3v) is 5.79. The minimum Gasteiger partial charge on any atom is -0.0616 e. The van der Waals surface area contributed by atoms with Crippen LogP contribution in [-0.4, -0.2) is 0 Å². The molecular formula is C25H16. The Morgan fingerprint density at radius 3 is 1.80 bits per heavy atom. The third kappa shape index (κ3) is 1.52. The van der Waals surface area contributed by atoms with Crippen molar-refractivity contribution in [2.75, 3.05) is 0 Å². The van der Waals surface area contributed by atoms with Crippen molar-refractivity contribution in [1.82, 2.24) is 0 Å². The van der Waals surface area contributed by atoms with E-state index in [1.807, 2.05) is 0 Å². The smallest absolute Gasteiger partial charge is 0.00112 e. The monoisotopic (exact) mass is 316 g/mol. The topological polar surface area (TPSA) is 0 Å². The Bertz CT molecular complexity index is 1440. The SMILES string of the molecule is Cc1c2ccccc2c2c3ccccc3c3cccc4ccc1c2c43. The van der Waals surface area contributed by atoms with Crippen LogP contribution in [0.2, 0.25) is 0 Å². The number of benzene rings is 6. The Balaban J connectivity index is 2.16. The van der Waals surface area contributed by atoms with Gasteiger partial charge in [0.25, 0.3) is 0 Å². The Hall–Kier alpha value is -3.12. The summed E-state index contributed by atoms with van der Waals surface area (Å²) in [6.07, 6.45) is 0. The molecule has 0 amide bonds. The number of hydrogen-bond acceptors (Lipinski definition) is 0. The lowest BCUT2D eigenvalue weighted by atomic mass is 9.85. The Kier molecular flexibility index (Phi) is 2.37. The fourth-order valence-corrected chi connectivity index (χ4v) is 4.70. The zero-order chi connectivity index (χ0) is 16.5. The van der Waals surface area contributed by atoms with E-state index in [-0.39, 0.29) is 0 Å². The molecule has 0 nitrogen and oxygen atoms in total. The maximum atomic E-state index is 2.31. The van der Waals surface area contributed by atoms with Gasteiger partial charge >= 0.3 is 0 Å². The first-order chi connectivity index (χ1) is 12.3. The first-order valence-electron chi connectivity index (χ1n) is 8.81. The molecule has 0 saturated heterocycles. The second kappa shape index (κ2) is 4.49. The Labute approximate surface area is 145 Å². The number of aryl methyl sites for hydroxylation is 1. The molecule has 6 rings (SSSR count). The predicted octanol–water partition coefficient (Wildman–Crippen LogP) is 7.20. The molecule has 0 aliphatic rings. The summed E-state index contributed by atoms with van der Waals surface area (Å²) < 4.78 is 0. The van der Waals surface area contributed by atoms with Crippen molar-refractivity contribution in [3.8, 4) is 0 Å². The van der Waals surface area contributed by atoms with Crippen LogP contribution in [-0.2, 0) is 0 Å². The molecule has 0 spiro atoms. The van der Waals surface area contributed by atoms with Gasteiger partial charge in [-0.05, 0) is 66.3 Å². The Morgan fingerprint density at radius 2 is 1.00 bits per heavy atom. The van der Waals surface area contributed by atoms with E-state index >= 15 is 0 Å². The maximum Gasteiger partial charge on any atom is -0.00112 e. The van der Waals surface area contributed by atoms with E-state index in [1.54, 1.807) is 0 Å². The molecule has 0 saturated carbocycles. The fraction of sp³-hybridized carbons (Fsp3) is 0.0400. The van der Waals surface area contributed by atoms with Crippen molar-refractivity contribution >= 4 is 53.9 Å². The van der Waals surface area contributed by atoms with Crippen molar-refractivity contribution in [1.29, 1.82) is 0 Å². The van der Waals surface area contributed by atoms with Crippen molar-refractivity contribution in [3.63, 3.8) is 0 Å². The summed E-state index contributed by atoms with van der Waals surface area (Å²) in [5, 5.41) is 13.7. The second-order valence-electron chi connectivity index (χ2n) is 6.98. The van der Waals surface area contributed by atoms with Gasteiger partial charge in [-0.1, -0.05) is 78.9 Å². The van der Waals surface area contributed by atoms with Gasteiger partial charge in [0, 0.05) is 0 Å². The van der Waals surface area contributed by atoms with E-state index in [0.29, 0.717) is 0 Å². The van der Waals surface area contributed by atoms with Gasteiger partial charge in [-0.2, -0.15) is 0 Å². The van der Waals surface area contributed by atoms with E-state index in [2.05, 4.69) is 85.8 Å². The van der Waals surface area contributed by atoms with Crippen LogP contribution < -0.4 is 0 Å². The quantitative estimate of drug-likeness (QED) is 0.205. The van der Waals surface area contributed by atoms with Crippen LogP contribution in [0.5, 0.6) is 0 Å². The molecule has 0 aliphatic carbocycles. The molecular weight excluding hydrogens is 300 g/mol. The van der Waals surface area contributed by atoms with Crippen LogP contribution in [0, 0.1) is 6.92 Å². The molecule has 116 valence electrons. The van der Waals surface area contributed by atoms with Crippen LogP contribution in [0.1, 0.15) is 5.56 Å². The van der Waals surface area contributed by atoms with Crippen LogP contribution in [0.25, 0.3) is 53.9 Å². The molecule has 6 aromatic rings. The fourth-order valence-electron chi connectivity index (χ4n) is 4.70. The van der Waals surface area contributed by atoms with E-state index in [1.165, 1.54) is 59.4 Å². The predicted molar refractivity (Wildman–Crippen MR) is 110 cm³/mol. The minimum absolute atomic E-state index is 1.33. The van der Waals surface area contributed by atoms with Gasteiger partial charge in [-0.25, -0.2) is 0 Å². The lowest BCUT2D eigenvalue weighted by molar-refractivity contribution is 1.60. The van der Waals surface area contributed by atoms with Crippen LogP contribution >= 0.6 is 0 Å². The van der Waals surface area contributed by atoms with Gasteiger partial charge in [0.05, 0.1) is 0 Å². The first kappa shape index (κ1) is 13.2. The van der Waals surface area contributed by atoms with Gasteiger partial charge in [0.15, 0.2) is 0 Å². The molecule has 0 aromatic heterocycles. The summed E-state index contributed by atoms with van der Waals surface area (Å²) in [6.45, 7) is 2.26. The molecule has 6 aromatic carbocycles. The zero-order valence-electron chi connectivity index (χ0n) is 14.0. The normalized spacial score (nSPS) is 12.2. The molecule has 25 heavy (non-hydrogen) atoms. The zero-order valence-corrected chi connectivity index (χ0v) is 14.0. The molecule has 0 heterocycles. The molecule has 0 atom stereocenters. The van der Waals surface area contributed by atoms with Crippen molar-refractivity contribution in [3.05, 3.63) is 84.4 Å². The van der Waals surface area contributed by atoms with Gasteiger partial charge in [-0.15, -0.1) is 0 Å². The highest BCUT2D eigenvalue weighted by Gasteiger charge is 2.17. The minimum atomic E-state index is 1.33. The van der Waals surface area contributed by atoms with E-state index < -0.39 is 0 Å². The summed E-state index contributed by atoms with van der Waals surface area (Å²) in [5.74, 6) is 0. The van der Waals surface area contributed by atoms with Gasteiger partial charge in [-0.3, -0.25) is 0 Å². The summed E-state index contributed by atoms with van der Waals surface area (Å²) in [4.78, 5) is 0. The van der Waals surface area contributed by atoms with Crippen molar-refractivity contribution < 1.29 is 0 Å².